The molecule has 108 valence electrons. The first kappa shape index (κ1) is 15.0. The summed E-state index contributed by atoms with van der Waals surface area (Å²) in [7, 11) is 0. The number of halogens is 2. The summed E-state index contributed by atoms with van der Waals surface area (Å²) in [6.07, 6.45) is 1.43. The van der Waals surface area contributed by atoms with Crippen LogP contribution in [0.1, 0.15) is 5.56 Å². The highest BCUT2D eigenvalue weighted by Crippen LogP contribution is 2.29. The van der Waals surface area contributed by atoms with E-state index in [1.165, 1.54) is 6.21 Å². The Balaban J connectivity index is 2.10. The quantitative estimate of drug-likeness (QED) is 0.443. The summed E-state index contributed by atoms with van der Waals surface area (Å²) in [5, 5.41) is 0.741. The maximum atomic E-state index is 12.0. The molecule has 3 rings (SSSR count). The highest BCUT2D eigenvalue weighted by atomic mass is 79.9. The molecular weight excluding hydrogens is 412 g/mol. The van der Waals surface area contributed by atoms with Crippen LogP contribution in [-0.2, 0) is 0 Å². The van der Waals surface area contributed by atoms with Crippen molar-refractivity contribution in [1.82, 2.24) is 5.73 Å². The number of benzene rings is 2. The molecule has 0 spiro atoms. The van der Waals surface area contributed by atoms with E-state index in [9.17, 15) is 10.5 Å². The Hall–Kier alpha value is -1.92. The second-order valence-electron chi connectivity index (χ2n) is 4.54. The number of rotatable bonds is 2. The monoisotopic (exact) mass is 418 g/mol. The lowest BCUT2D eigenvalue weighted by Gasteiger charge is -2.02. The predicted octanol–water partition coefficient (Wildman–Crippen LogP) is 4.77. The summed E-state index contributed by atoms with van der Waals surface area (Å²) in [5.41, 5.74) is 10.4. The smallest absolute Gasteiger partial charge is 0.362 e. The van der Waals surface area contributed by atoms with Crippen molar-refractivity contribution in [3.63, 3.8) is 0 Å². The third kappa shape index (κ3) is 2.98. The minimum atomic E-state index is -0.540. The highest BCUT2D eigenvalue weighted by molar-refractivity contribution is 9.11. The average Bonchev–Trinajstić information content (AvgIpc) is 2.47. The molecule has 0 bridgehead atoms. The van der Waals surface area contributed by atoms with Crippen LogP contribution in [-0.4, -0.2) is 6.21 Å². The van der Waals surface area contributed by atoms with E-state index in [0.29, 0.717) is 15.6 Å². The van der Waals surface area contributed by atoms with E-state index >= 15 is 0 Å². The molecule has 3 aromatic rings. The summed E-state index contributed by atoms with van der Waals surface area (Å²) >= 11 is 6.75. The maximum Gasteiger partial charge on any atom is 0.362 e. The van der Waals surface area contributed by atoms with Crippen molar-refractivity contribution >= 4 is 60.4 Å². The normalized spacial score (nSPS) is 11.4. The van der Waals surface area contributed by atoms with Crippen molar-refractivity contribution in [2.45, 2.75) is 0 Å². The van der Waals surface area contributed by atoms with E-state index in [-0.39, 0.29) is 11.4 Å². The van der Waals surface area contributed by atoms with Crippen molar-refractivity contribution in [1.29, 1.82) is 0 Å². The van der Waals surface area contributed by atoms with Crippen LogP contribution in [0.4, 0.5) is 11.4 Å². The van der Waals surface area contributed by atoms with Gasteiger partial charge in [-0.2, -0.15) is 0 Å². The summed E-state index contributed by atoms with van der Waals surface area (Å²) < 4.78 is 6.84. The SMILES string of the molecule is [N]c1ccccc1C=Nc1cc2cc(Br)cc(Br)c2oc1=O. The van der Waals surface area contributed by atoms with Gasteiger partial charge < -0.3 is 4.42 Å². The third-order valence-corrected chi connectivity index (χ3v) is 4.06. The van der Waals surface area contributed by atoms with Gasteiger partial charge in [-0.1, -0.05) is 34.1 Å². The first-order valence-electron chi connectivity index (χ1n) is 6.29. The largest absolute Gasteiger partial charge is 0.420 e. The first-order chi connectivity index (χ1) is 10.5. The van der Waals surface area contributed by atoms with E-state index in [4.69, 9.17) is 4.42 Å². The summed E-state index contributed by atoms with van der Waals surface area (Å²) in [6.45, 7) is 0. The highest BCUT2D eigenvalue weighted by Gasteiger charge is 2.08. The predicted molar refractivity (Wildman–Crippen MR) is 93.4 cm³/mol. The zero-order chi connectivity index (χ0) is 15.7. The molecule has 2 radical (unpaired) electrons. The van der Waals surface area contributed by atoms with E-state index in [0.717, 1.165) is 9.86 Å². The Morgan fingerprint density at radius 1 is 1.14 bits per heavy atom. The van der Waals surface area contributed by atoms with Gasteiger partial charge in [0.1, 0.15) is 5.69 Å². The molecule has 22 heavy (non-hydrogen) atoms. The molecule has 0 N–H and O–H groups in total. The van der Waals surface area contributed by atoms with Crippen molar-refractivity contribution in [2.75, 3.05) is 0 Å². The fourth-order valence-electron chi connectivity index (χ4n) is 1.97. The van der Waals surface area contributed by atoms with Crippen LogP contribution >= 0.6 is 31.9 Å². The van der Waals surface area contributed by atoms with Gasteiger partial charge in [0.25, 0.3) is 0 Å². The lowest BCUT2D eigenvalue weighted by Crippen LogP contribution is -1.98. The van der Waals surface area contributed by atoms with Crippen molar-refractivity contribution in [3.05, 3.63) is 67.4 Å². The molecule has 0 aliphatic heterocycles. The molecule has 0 saturated heterocycles. The number of aliphatic imine (C=N–C) groups is 1. The zero-order valence-corrected chi connectivity index (χ0v) is 14.3. The fraction of sp³-hybridized carbons (Fsp3) is 0. The van der Waals surface area contributed by atoms with Gasteiger partial charge in [-0.15, -0.1) is 5.73 Å². The van der Waals surface area contributed by atoms with Gasteiger partial charge in [0.15, 0.2) is 5.58 Å². The first-order valence-corrected chi connectivity index (χ1v) is 7.88. The van der Waals surface area contributed by atoms with Gasteiger partial charge in [0, 0.05) is 21.6 Å². The second-order valence-corrected chi connectivity index (χ2v) is 6.31. The number of fused-ring (bicyclic) bond motifs is 1. The van der Waals surface area contributed by atoms with Crippen LogP contribution in [0.25, 0.3) is 11.0 Å². The molecule has 0 saturated carbocycles. The fourth-order valence-corrected chi connectivity index (χ4v) is 3.31. The Kier molecular flexibility index (Phi) is 4.13. The number of nitrogens with zero attached hydrogens (tertiary/aromatic N) is 2. The van der Waals surface area contributed by atoms with E-state index in [2.05, 4.69) is 36.9 Å². The van der Waals surface area contributed by atoms with Gasteiger partial charge in [-0.25, -0.2) is 9.79 Å². The molecule has 0 aliphatic rings. The molecule has 0 fully saturated rings. The lowest BCUT2D eigenvalue weighted by molar-refractivity contribution is 0.561. The van der Waals surface area contributed by atoms with Crippen molar-refractivity contribution < 1.29 is 4.42 Å². The molecule has 0 amide bonds. The molecule has 0 aliphatic carbocycles. The van der Waals surface area contributed by atoms with Gasteiger partial charge in [-0.05, 0) is 40.2 Å². The third-order valence-electron chi connectivity index (χ3n) is 3.01. The summed E-state index contributed by atoms with van der Waals surface area (Å²) in [6, 6.07) is 12.0. The Morgan fingerprint density at radius 3 is 2.68 bits per heavy atom. The van der Waals surface area contributed by atoms with Gasteiger partial charge in [0.2, 0.25) is 0 Å². The molecule has 1 aromatic heterocycles. The van der Waals surface area contributed by atoms with Crippen LogP contribution in [0, 0.1) is 0 Å². The molecule has 6 heteroatoms. The molecule has 2 aromatic carbocycles. The van der Waals surface area contributed by atoms with Crippen LogP contribution < -0.4 is 11.4 Å². The van der Waals surface area contributed by atoms with Crippen molar-refractivity contribution in [3.8, 4) is 0 Å². The van der Waals surface area contributed by atoms with Crippen LogP contribution in [0.5, 0.6) is 0 Å². The van der Waals surface area contributed by atoms with Crippen LogP contribution in [0.2, 0.25) is 0 Å². The van der Waals surface area contributed by atoms with Gasteiger partial charge >= 0.3 is 5.63 Å². The Bertz CT molecular complexity index is 949. The molecular formula is C16H8Br2N2O2. The topological polar surface area (TPSA) is 64.9 Å². The molecule has 0 atom stereocenters. The van der Waals surface area contributed by atoms with Gasteiger partial charge in [-0.3, -0.25) is 0 Å². The number of hydrogen-bond acceptors (Lipinski definition) is 3. The minimum Gasteiger partial charge on any atom is -0.420 e. The summed E-state index contributed by atoms with van der Waals surface area (Å²) in [4.78, 5) is 16.1. The summed E-state index contributed by atoms with van der Waals surface area (Å²) in [5.74, 6) is 0. The Labute approximate surface area is 142 Å². The Morgan fingerprint density at radius 2 is 1.91 bits per heavy atom. The van der Waals surface area contributed by atoms with E-state index in [1.54, 1.807) is 36.4 Å². The average molecular weight is 420 g/mol. The second kappa shape index (κ2) is 6.06. The van der Waals surface area contributed by atoms with Crippen molar-refractivity contribution in [2.24, 2.45) is 4.99 Å². The van der Waals surface area contributed by atoms with Gasteiger partial charge in [0.05, 0.1) is 10.2 Å². The zero-order valence-electron chi connectivity index (χ0n) is 11.1. The molecule has 1 heterocycles. The van der Waals surface area contributed by atoms with Crippen LogP contribution in [0.3, 0.4) is 0 Å². The van der Waals surface area contributed by atoms with E-state index in [1.807, 2.05) is 6.07 Å². The number of hydrogen-bond donors (Lipinski definition) is 0. The maximum absolute atomic E-state index is 12.0. The molecule has 0 unspecified atom stereocenters. The standard InChI is InChI=1S/C16H8Br2N2O2/c17-11-5-10-6-14(16(21)22-15(10)12(18)7-11)20-8-9-3-1-2-4-13(9)19/h1-8H. The van der Waals surface area contributed by atoms with Crippen LogP contribution in [0.15, 0.2) is 65.6 Å². The minimum absolute atomic E-state index is 0.0990. The van der Waals surface area contributed by atoms with E-state index < -0.39 is 5.63 Å². The lowest BCUT2D eigenvalue weighted by atomic mass is 10.2. The molecule has 4 nitrogen and oxygen atoms in total.